The summed E-state index contributed by atoms with van der Waals surface area (Å²) in [6, 6.07) is 0. The molecule has 6 heteroatoms. The molecule has 0 atom stereocenters. The van der Waals surface area contributed by atoms with E-state index in [4.69, 9.17) is 0 Å². The number of carboxylic acids is 2. The molecule has 0 saturated carbocycles. The molecule has 0 saturated heterocycles. The van der Waals surface area contributed by atoms with Gasteiger partial charge in [0.1, 0.15) is 0 Å². The van der Waals surface area contributed by atoms with E-state index < -0.39 is 17.4 Å². The molecule has 0 aromatic carbocycles. The van der Waals surface area contributed by atoms with Crippen LogP contribution in [0.3, 0.4) is 0 Å². The Morgan fingerprint density at radius 3 is 1.35 bits per heavy atom. The van der Waals surface area contributed by atoms with Crippen LogP contribution >= 0.6 is 0 Å². The zero-order valence-corrected chi connectivity index (χ0v) is 19.6. The molecule has 0 spiro atoms. The third kappa shape index (κ3) is 12.0. The first-order chi connectivity index (χ1) is 10.0. The van der Waals surface area contributed by atoms with Crippen molar-refractivity contribution in [1.82, 2.24) is 0 Å². The summed E-state index contributed by atoms with van der Waals surface area (Å²) in [7, 11) is 0. The molecule has 0 aliphatic heterocycles. The van der Waals surface area contributed by atoms with E-state index in [1.807, 2.05) is 0 Å². The summed E-state index contributed by atoms with van der Waals surface area (Å²) in [5.41, 5.74) is -1.81. The number of carboxylic acid groups (broad SMARTS) is 2. The van der Waals surface area contributed by atoms with E-state index in [0.717, 1.165) is 19.3 Å². The number of aliphatic carboxylic acids is 2. The standard InChI is InChI=1S/C17H32O4.2Na/c1-3-5-6-7-8-9-10-11-12-13-14-17(4-2,15(18)19)16(20)21;;/h3-14H2,1-2H3,(H,18,19)(H,20,21);;/q;2*+1/p-2. The maximum absolute atomic E-state index is 11.1. The number of rotatable bonds is 14. The molecule has 0 aliphatic carbocycles. The first-order valence-corrected chi connectivity index (χ1v) is 8.44. The third-order valence-electron chi connectivity index (χ3n) is 4.34. The molecule has 0 unspecified atom stereocenters. The molecule has 0 amide bonds. The molecular weight excluding hydrogens is 314 g/mol. The summed E-state index contributed by atoms with van der Waals surface area (Å²) >= 11 is 0. The van der Waals surface area contributed by atoms with E-state index in [2.05, 4.69) is 6.92 Å². The van der Waals surface area contributed by atoms with Gasteiger partial charge in [0, 0.05) is 5.41 Å². The molecular formula is C17H30Na2O4. The minimum Gasteiger partial charge on any atom is -0.549 e. The molecule has 0 rings (SSSR count). The Hall–Kier alpha value is 0.940. The predicted molar refractivity (Wildman–Crippen MR) is 79.2 cm³/mol. The summed E-state index contributed by atoms with van der Waals surface area (Å²) in [5.74, 6) is -3.03. The van der Waals surface area contributed by atoms with Crippen LogP contribution in [0, 0.1) is 5.41 Å². The molecule has 0 aromatic heterocycles. The average molecular weight is 344 g/mol. The molecule has 0 heterocycles. The van der Waals surface area contributed by atoms with Crippen molar-refractivity contribution in [2.75, 3.05) is 0 Å². The summed E-state index contributed by atoms with van der Waals surface area (Å²) in [6.07, 6.45) is 11.4. The van der Waals surface area contributed by atoms with Gasteiger partial charge in [0.05, 0.1) is 11.9 Å². The fourth-order valence-corrected chi connectivity index (χ4v) is 2.67. The summed E-state index contributed by atoms with van der Waals surface area (Å²) in [5, 5.41) is 22.1. The van der Waals surface area contributed by atoms with Gasteiger partial charge in [-0.1, -0.05) is 78.1 Å². The van der Waals surface area contributed by atoms with Crippen LogP contribution in [0.1, 0.15) is 90.9 Å². The van der Waals surface area contributed by atoms with E-state index in [0.29, 0.717) is 6.42 Å². The van der Waals surface area contributed by atoms with Gasteiger partial charge in [-0.15, -0.1) is 0 Å². The van der Waals surface area contributed by atoms with Gasteiger partial charge in [0.2, 0.25) is 0 Å². The van der Waals surface area contributed by atoms with Crippen LogP contribution in [0.4, 0.5) is 0 Å². The number of hydrogen-bond donors (Lipinski definition) is 0. The Balaban J connectivity index is -0.00000200. The van der Waals surface area contributed by atoms with Crippen LogP contribution in [0.15, 0.2) is 0 Å². The molecule has 0 N–H and O–H groups in total. The topological polar surface area (TPSA) is 80.3 Å². The Kier molecular flexibility index (Phi) is 22.2. The molecule has 0 aromatic rings. The van der Waals surface area contributed by atoms with Crippen molar-refractivity contribution in [2.24, 2.45) is 5.41 Å². The first-order valence-electron chi connectivity index (χ1n) is 8.44. The van der Waals surface area contributed by atoms with Gasteiger partial charge in [0.25, 0.3) is 0 Å². The second kappa shape index (κ2) is 17.8. The Labute approximate surface area is 185 Å². The second-order valence-electron chi connectivity index (χ2n) is 5.94. The summed E-state index contributed by atoms with van der Waals surface area (Å²) in [6.45, 7) is 3.76. The fraction of sp³-hybridized carbons (Fsp3) is 0.882. The zero-order valence-electron chi connectivity index (χ0n) is 15.6. The van der Waals surface area contributed by atoms with E-state index >= 15 is 0 Å². The van der Waals surface area contributed by atoms with E-state index in [1.54, 1.807) is 6.92 Å². The van der Waals surface area contributed by atoms with Gasteiger partial charge < -0.3 is 19.8 Å². The van der Waals surface area contributed by atoms with Gasteiger partial charge in [-0.3, -0.25) is 0 Å². The fourth-order valence-electron chi connectivity index (χ4n) is 2.67. The molecule has 0 radical (unpaired) electrons. The van der Waals surface area contributed by atoms with E-state index in [-0.39, 0.29) is 72.0 Å². The van der Waals surface area contributed by atoms with Crippen LogP contribution in [0.25, 0.3) is 0 Å². The maximum Gasteiger partial charge on any atom is 1.00 e. The minimum atomic E-state index is -1.81. The van der Waals surface area contributed by atoms with Gasteiger partial charge >= 0.3 is 59.1 Å². The van der Waals surface area contributed by atoms with E-state index in [9.17, 15) is 19.8 Å². The predicted octanol–water partition coefficient (Wildman–Crippen LogP) is -3.80. The van der Waals surface area contributed by atoms with Crippen molar-refractivity contribution in [2.45, 2.75) is 90.9 Å². The van der Waals surface area contributed by atoms with Crippen LogP contribution in [-0.4, -0.2) is 11.9 Å². The average Bonchev–Trinajstić information content (AvgIpc) is 2.44. The second-order valence-corrected chi connectivity index (χ2v) is 5.94. The molecule has 23 heavy (non-hydrogen) atoms. The molecule has 0 aliphatic rings. The molecule has 4 nitrogen and oxygen atoms in total. The molecule has 124 valence electrons. The summed E-state index contributed by atoms with van der Waals surface area (Å²) < 4.78 is 0. The van der Waals surface area contributed by atoms with Crippen LogP contribution in [-0.2, 0) is 9.59 Å². The van der Waals surface area contributed by atoms with Gasteiger partial charge in [0.15, 0.2) is 0 Å². The Bertz CT molecular complexity index is 295. The SMILES string of the molecule is CCCCCCCCCCCCC(CC)(C(=O)[O-])C(=O)[O-].[Na+].[Na+]. The smallest absolute Gasteiger partial charge is 0.549 e. The maximum atomic E-state index is 11.1. The molecule has 0 fully saturated rings. The van der Waals surface area contributed by atoms with Gasteiger partial charge in [-0.2, -0.15) is 0 Å². The van der Waals surface area contributed by atoms with Crippen molar-refractivity contribution in [3.05, 3.63) is 0 Å². The van der Waals surface area contributed by atoms with Gasteiger partial charge in [-0.05, 0) is 12.8 Å². The monoisotopic (exact) mass is 344 g/mol. The van der Waals surface area contributed by atoms with E-state index in [1.165, 1.54) is 38.5 Å². The molecule has 0 bridgehead atoms. The number of carbonyl (C=O) groups is 2. The van der Waals surface area contributed by atoms with Crippen LogP contribution in [0.5, 0.6) is 0 Å². The van der Waals surface area contributed by atoms with Crippen molar-refractivity contribution in [1.29, 1.82) is 0 Å². The normalized spacial score (nSPS) is 10.5. The summed E-state index contributed by atoms with van der Waals surface area (Å²) in [4.78, 5) is 22.1. The Morgan fingerprint density at radius 2 is 1.04 bits per heavy atom. The van der Waals surface area contributed by atoms with Crippen molar-refractivity contribution < 1.29 is 78.9 Å². The number of hydrogen-bond acceptors (Lipinski definition) is 4. The minimum absolute atomic E-state index is 0. The van der Waals surface area contributed by atoms with Crippen molar-refractivity contribution in [3.63, 3.8) is 0 Å². The first kappa shape index (κ1) is 28.7. The number of unbranched alkanes of at least 4 members (excludes halogenated alkanes) is 9. The van der Waals surface area contributed by atoms with Crippen LogP contribution < -0.4 is 69.3 Å². The van der Waals surface area contributed by atoms with Crippen LogP contribution in [0.2, 0.25) is 0 Å². The van der Waals surface area contributed by atoms with Gasteiger partial charge in [-0.25, -0.2) is 0 Å². The quantitative estimate of drug-likeness (QED) is 0.184. The van der Waals surface area contributed by atoms with Crippen molar-refractivity contribution >= 4 is 11.9 Å². The third-order valence-corrected chi connectivity index (χ3v) is 4.34. The largest absolute Gasteiger partial charge is 1.00 e. The van der Waals surface area contributed by atoms with Crippen molar-refractivity contribution in [3.8, 4) is 0 Å². The Morgan fingerprint density at radius 1 is 0.696 bits per heavy atom. The zero-order chi connectivity index (χ0) is 16.1. The number of carbonyl (C=O) groups excluding carboxylic acids is 2.